The highest BCUT2D eigenvalue weighted by Crippen LogP contribution is 2.49. The highest BCUT2D eigenvalue weighted by Gasteiger charge is 2.72. The predicted molar refractivity (Wildman–Crippen MR) is 121 cm³/mol. The number of alkyl carbamates (subject to hydrolysis) is 1. The van der Waals surface area contributed by atoms with Gasteiger partial charge in [0.2, 0.25) is 0 Å². The van der Waals surface area contributed by atoms with Crippen molar-refractivity contribution in [3.8, 4) is 0 Å². The van der Waals surface area contributed by atoms with Gasteiger partial charge in [-0.25, -0.2) is 18.0 Å². The number of carbonyl (C=O) groups is 4. The highest BCUT2D eigenvalue weighted by atomic mass is 32.2. The topological polar surface area (TPSA) is 224 Å². The average molecular weight is 511 g/mol. The van der Waals surface area contributed by atoms with Gasteiger partial charge in [-0.15, -0.1) is 0 Å². The predicted octanol–water partition coefficient (Wildman–Crippen LogP) is -2.35. The van der Waals surface area contributed by atoms with Gasteiger partial charge in [-0.2, -0.15) is 0 Å². The summed E-state index contributed by atoms with van der Waals surface area (Å²) in [6.45, 7) is 0.977. The number of β-lactam (4-membered cyclic amide) rings is 1. The Balaban J connectivity index is 1.92. The standard InChI is InChI=1S/C20H26N6O8S/c1-20(10-34-19(31)25-7-4-22)14(18(29)30)26-16(28)13(17(26)35(20,32)33)9-12-8-11(2-5-23-12)15(27)24-6-3-21/h2,5,8-9,14,17H,3-4,6-7,10,21-22H2,1H3,(H,24,27)(H,25,31)(H,29,30)/t14-,17+,20-/m0/s1. The van der Waals surface area contributed by atoms with Gasteiger partial charge >= 0.3 is 12.1 Å². The molecule has 3 rings (SSSR count). The Bertz CT molecular complexity index is 1190. The fraction of sp³-hybridized carbons (Fsp3) is 0.450. The third-order valence-electron chi connectivity index (χ3n) is 5.71. The quantitative estimate of drug-likeness (QED) is 0.174. The van der Waals surface area contributed by atoms with Crippen LogP contribution < -0.4 is 22.1 Å². The largest absolute Gasteiger partial charge is 0.480 e. The molecule has 0 aromatic carbocycles. The molecule has 2 aliphatic heterocycles. The second-order valence-corrected chi connectivity index (χ2v) is 10.5. The summed E-state index contributed by atoms with van der Waals surface area (Å²) in [6.07, 6.45) is 1.53. The minimum atomic E-state index is -4.37. The summed E-state index contributed by atoms with van der Waals surface area (Å²) in [4.78, 5) is 53.6. The van der Waals surface area contributed by atoms with E-state index in [0.29, 0.717) is 0 Å². The smallest absolute Gasteiger partial charge is 0.407 e. The third kappa shape index (κ3) is 4.56. The number of carboxylic acid groups (broad SMARTS) is 1. The number of aromatic nitrogens is 1. The van der Waals surface area contributed by atoms with E-state index in [1.165, 1.54) is 24.4 Å². The van der Waals surface area contributed by atoms with Gasteiger partial charge in [0.1, 0.15) is 11.4 Å². The van der Waals surface area contributed by atoms with Crippen LogP contribution in [0, 0.1) is 0 Å². The first kappa shape index (κ1) is 26.1. The van der Waals surface area contributed by atoms with Crippen molar-refractivity contribution in [1.29, 1.82) is 0 Å². The molecule has 15 heteroatoms. The number of nitrogens with one attached hydrogen (secondary N) is 2. The van der Waals surface area contributed by atoms with E-state index in [0.717, 1.165) is 11.8 Å². The highest BCUT2D eigenvalue weighted by molar-refractivity contribution is 7.94. The van der Waals surface area contributed by atoms with E-state index < -0.39 is 56.5 Å². The molecule has 190 valence electrons. The first-order valence-corrected chi connectivity index (χ1v) is 12.1. The van der Waals surface area contributed by atoms with Gasteiger partial charge in [-0.05, 0) is 25.1 Å². The Hall–Kier alpha value is -3.56. The van der Waals surface area contributed by atoms with Crippen molar-refractivity contribution >= 4 is 39.8 Å². The molecule has 0 saturated carbocycles. The molecule has 3 atom stereocenters. The summed E-state index contributed by atoms with van der Waals surface area (Å²) in [5.74, 6) is -2.81. The number of rotatable bonds is 9. The van der Waals surface area contributed by atoms with E-state index in [9.17, 15) is 32.7 Å². The first-order chi connectivity index (χ1) is 16.5. The molecule has 0 unspecified atom stereocenters. The van der Waals surface area contributed by atoms with E-state index in [4.69, 9.17) is 16.2 Å². The van der Waals surface area contributed by atoms with Crippen molar-refractivity contribution in [3.63, 3.8) is 0 Å². The average Bonchev–Trinajstić information content (AvgIpc) is 2.99. The Morgan fingerprint density at radius 1 is 1.26 bits per heavy atom. The summed E-state index contributed by atoms with van der Waals surface area (Å²) < 4.78 is 29.7. The Labute approximate surface area is 200 Å². The van der Waals surface area contributed by atoms with Crippen molar-refractivity contribution < 1.29 is 37.4 Å². The normalized spacial score (nSPS) is 25.5. The summed E-state index contributed by atoms with van der Waals surface area (Å²) in [6, 6.07) is 1.00. The number of carboxylic acids is 1. The van der Waals surface area contributed by atoms with Crippen LogP contribution in [0.5, 0.6) is 0 Å². The van der Waals surface area contributed by atoms with Crippen molar-refractivity contribution in [2.75, 3.05) is 32.8 Å². The van der Waals surface area contributed by atoms with Crippen LogP contribution in [0.25, 0.3) is 6.08 Å². The van der Waals surface area contributed by atoms with Crippen LogP contribution in [0.1, 0.15) is 23.0 Å². The van der Waals surface area contributed by atoms with Gasteiger partial charge in [0.15, 0.2) is 21.3 Å². The molecule has 2 aliphatic rings. The van der Waals surface area contributed by atoms with E-state index in [1.54, 1.807) is 0 Å². The Morgan fingerprint density at radius 2 is 1.91 bits per heavy atom. The SMILES string of the molecule is C[C@]1(COC(=O)NCCN)[C@H](C(=O)O)N2C(=O)C(=Cc3cc(C(=O)NCCN)ccn3)[C@H]2S1(=O)=O. The molecule has 0 bridgehead atoms. The molecule has 1 aromatic heterocycles. The molecule has 14 nitrogen and oxygen atoms in total. The molecule has 7 N–H and O–H groups in total. The number of sulfone groups is 1. The number of hydrogen-bond donors (Lipinski definition) is 5. The van der Waals surface area contributed by atoms with Crippen LogP contribution in [0.2, 0.25) is 0 Å². The molecule has 1 aromatic rings. The molecule has 0 aliphatic carbocycles. The minimum Gasteiger partial charge on any atom is -0.480 e. The maximum atomic E-state index is 13.4. The van der Waals surface area contributed by atoms with Crippen molar-refractivity contribution in [2.45, 2.75) is 23.1 Å². The number of hydrogen-bond acceptors (Lipinski definition) is 10. The molecular formula is C20H26N6O8S. The summed E-state index contributed by atoms with van der Waals surface area (Å²) >= 11 is 0. The van der Waals surface area contributed by atoms with Crippen LogP contribution in [-0.4, -0.2) is 96.2 Å². The van der Waals surface area contributed by atoms with Gasteiger partial charge in [0.25, 0.3) is 11.8 Å². The van der Waals surface area contributed by atoms with E-state index in [1.807, 2.05) is 0 Å². The maximum Gasteiger partial charge on any atom is 0.407 e. The number of carbonyl (C=O) groups excluding carboxylic acids is 3. The van der Waals surface area contributed by atoms with Gasteiger partial charge in [-0.1, -0.05) is 0 Å². The van der Waals surface area contributed by atoms with Crippen LogP contribution in [-0.2, 0) is 24.2 Å². The first-order valence-electron chi connectivity index (χ1n) is 10.5. The number of nitrogens with two attached hydrogens (primary N) is 2. The van der Waals surface area contributed by atoms with Crippen LogP contribution in [0.15, 0.2) is 23.9 Å². The second kappa shape index (κ2) is 9.97. The number of nitrogens with zero attached hydrogens (tertiary/aromatic N) is 2. The molecule has 2 saturated heterocycles. The zero-order chi connectivity index (χ0) is 26.0. The number of pyridine rings is 1. The number of aliphatic carboxylic acids is 1. The van der Waals surface area contributed by atoms with Crippen molar-refractivity contribution in [2.24, 2.45) is 11.5 Å². The van der Waals surface area contributed by atoms with Gasteiger partial charge < -0.3 is 36.8 Å². The van der Waals surface area contributed by atoms with E-state index in [2.05, 4.69) is 15.6 Å². The second-order valence-electron chi connectivity index (χ2n) is 8.07. The maximum absolute atomic E-state index is 13.4. The summed E-state index contributed by atoms with van der Waals surface area (Å²) in [5.41, 5.74) is 10.8. The molecule has 3 amide bonds. The lowest BCUT2D eigenvalue weighted by Gasteiger charge is -2.37. The van der Waals surface area contributed by atoms with Crippen molar-refractivity contribution in [1.82, 2.24) is 20.5 Å². The minimum absolute atomic E-state index is 0.0705. The van der Waals surface area contributed by atoms with E-state index >= 15 is 0 Å². The third-order valence-corrected chi connectivity index (χ3v) is 8.42. The van der Waals surface area contributed by atoms with Crippen LogP contribution in [0.3, 0.4) is 0 Å². The fourth-order valence-electron chi connectivity index (χ4n) is 3.94. The zero-order valence-corrected chi connectivity index (χ0v) is 19.6. The Kier molecular flexibility index (Phi) is 7.42. The van der Waals surface area contributed by atoms with Crippen LogP contribution >= 0.6 is 0 Å². The lowest BCUT2D eigenvalue weighted by Crippen LogP contribution is -2.59. The lowest BCUT2D eigenvalue weighted by molar-refractivity contribution is -0.153. The molecule has 3 heterocycles. The molecule has 2 fully saturated rings. The lowest BCUT2D eigenvalue weighted by atomic mass is 9.94. The zero-order valence-electron chi connectivity index (χ0n) is 18.8. The van der Waals surface area contributed by atoms with Crippen molar-refractivity contribution in [3.05, 3.63) is 35.2 Å². The Morgan fingerprint density at radius 3 is 2.54 bits per heavy atom. The number of fused-ring (bicyclic) bond motifs is 1. The van der Waals surface area contributed by atoms with Gasteiger partial charge in [-0.3, -0.25) is 14.6 Å². The van der Waals surface area contributed by atoms with Gasteiger partial charge in [0.05, 0.1) is 11.3 Å². The van der Waals surface area contributed by atoms with E-state index in [-0.39, 0.29) is 43.0 Å². The fourth-order valence-corrected chi connectivity index (χ4v) is 6.22. The monoisotopic (exact) mass is 510 g/mol. The molecule has 35 heavy (non-hydrogen) atoms. The number of amides is 3. The van der Waals surface area contributed by atoms with Gasteiger partial charge in [0, 0.05) is 37.9 Å². The molecule has 0 spiro atoms. The summed E-state index contributed by atoms with van der Waals surface area (Å²) in [7, 11) is -4.37. The molecule has 0 radical (unpaired) electrons. The molecular weight excluding hydrogens is 484 g/mol. The van der Waals surface area contributed by atoms with Crippen LogP contribution in [0.4, 0.5) is 4.79 Å². The summed E-state index contributed by atoms with van der Waals surface area (Å²) in [5, 5.41) is 13.1. The number of ether oxygens (including phenoxy) is 1.